The maximum atomic E-state index is 12.7. The first-order valence-electron chi connectivity index (χ1n) is 6.88. The molecule has 0 unspecified atom stereocenters. The van der Waals surface area contributed by atoms with Crippen LogP contribution in [0.1, 0.15) is 22.4 Å². The number of nitrogens with zero attached hydrogens (tertiary/aromatic N) is 1. The van der Waals surface area contributed by atoms with E-state index in [2.05, 4.69) is 10.3 Å². The second kappa shape index (κ2) is 6.34. The number of aromatic amines is 1. The molecule has 128 valence electrons. The summed E-state index contributed by atoms with van der Waals surface area (Å²) in [4.78, 5) is 24.9. The maximum absolute atomic E-state index is 12.7. The predicted molar refractivity (Wildman–Crippen MR) is 82.0 cm³/mol. The number of H-pyrrole nitrogens is 1. The predicted octanol–water partition coefficient (Wildman–Crippen LogP) is 3.53. The van der Waals surface area contributed by atoms with Crippen LogP contribution in [-0.2, 0) is 12.7 Å². The van der Waals surface area contributed by atoms with Gasteiger partial charge < -0.3 is 10.3 Å². The molecule has 0 aliphatic carbocycles. The molecule has 0 saturated carbocycles. The van der Waals surface area contributed by atoms with E-state index >= 15 is 0 Å². The van der Waals surface area contributed by atoms with Gasteiger partial charge in [0.15, 0.2) is 5.43 Å². The molecule has 0 fully saturated rings. The number of nitrogens with one attached hydrogen (secondary N) is 2. The summed E-state index contributed by atoms with van der Waals surface area (Å²) in [5.41, 5.74) is -0.536. The lowest BCUT2D eigenvalue weighted by molar-refractivity contribution is -0.384. The van der Waals surface area contributed by atoms with Crippen molar-refractivity contribution in [3.05, 3.63) is 67.1 Å². The Labute approximate surface area is 134 Å². The molecule has 2 N–H and O–H groups in total. The number of hydrogen-bond acceptors (Lipinski definition) is 4. The number of anilines is 1. The Morgan fingerprint density at radius 1 is 1.29 bits per heavy atom. The van der Waals surface area contributed by atoms with Gasteiger partial charge >= 0.3 is 6.18 Å². The molecule has 9 heteroatoms. The number of nitro benzene ring substituents is 1. The van der Waals surface area contributed by atoms with Gasteiger partial charge in [0.05, 0.1) is 17.0 Å². The van der Waals surface area contributed by atoms with E-state index in [1.807, 2.05) is 0 Å². The van der Waals surface area contributed by atoms with Crippen molar-refractivity contribution in [2.45, 2.75) is 26.6 Å². The molecule has 0 bridgehead atoms. The first-order chi connectivity index (χ1) is 11.1. The van der Waals surface area contributed by atoms with E-state index < -0.39 is 22.4 Å². The first-order valence-corrected chi connectivity index (χ1v) is 6.88. The molecule has 0 radical (unpaired) electrons. The minimum atomic E-state index is -4.66. The van der Waals surface area contributed by atoms with Crippen LogP contribution in [0.5, 0.6) is 0 Å². The fraction of sp³-hybridized carbons (Fsp3) is 0.267. The minimum Gasteiger partial charge on any atom is -0.374 e. The van der Waals surface area contributed by atoms with E-state index in [1.54, 1.807) is 13.8 Å². The van der Waals surface area contributed by atoms with Gasteiger partial charge in [-0.15, -0.1) is 0 Å². The Hall–Kier alpha value is -2.84. The van der Waals surface area contributed by atoms with Gasteiger partial charge in [0.2, 0.25) is 0 Å². The fourth-order valence-corrected chi connectivity index (χ4v) is 2.18. The van der Waals surface area contributed by atoms with Gasteiger partial charge in [0.25, 0.3) is 5.69 Å². The topological polar surface area (TPSA) is 88.0 Å². The van der Waals surface area contributed by atoms with Crippen LogP contribution >= 0.6 is 0 Å². The lowest BCUT2D eigenvalue weighted by Gasteiger charge is -2.12. The highest BCUT2D eigenvalue weighted by Gasteiger charge is 2.33. The summed E-state index contributed by atoms with van der Waals surface area (Å²) in [6.07, 6.45) is -3.16. The zero-order chi connectivity index (χ0) is 18.1. The highest BCUT2D eigenvalue weighted by molar-refractivity contribution is 5.63. The van der Waals surface area contributed by atoms with Crippen LogP contribution in [-0.4, -0.2) is 9.91 Å². The Kier molecular flexibility index (Phi) is 4.63. The van der Waals surface area contributed by atoms with Crippen LogP contribution in [0.15, 0.2) is 29.2 Å². The largest absolute Gasteiger partial charge is 0.416 e. The van der Waals surface area contributed by atoms with Crippen LogP contribution in [0, 0.1) is 24.0 Å². The van der Waals surface area contributed by atoms with Crippen LogP contribution < -0.4 is 10.7 Å². The maximum Gasteiger partial charge on any atom is 0.416 e. The van der Waals surface area contributed by atoms with Crippen molar-refractivity contribution in [2.24, 2.45) is 0 Å². The number of benzene rings is 1. The monoisotopic (exact) mass is 341 g/mol. The molecule has 0 saturated heterocycles. The number of aromatic nitrogens is 1. The van der Waals surface area contributed by atoms with Crippen molar-refractivity contribution in [1.29, 1.82) is 0 Å². The Morgan fingerprint density at radius 2 is 1.96 bits per heavy atom. The van der Waals surface area contributed by atoms with Crippen molar-refractivity contribution in [3.8, 4) is 0 Å². The quantitative estimate of drug-likeness (QED) is 0.658. The summed E-state index contributed by atoms with van der Waals surface area (Å²) in [6, 6.07) is 2.25. The molecule has 1 aromatic carbocycles. The van der Waals surface area contributed by atoms with Crippen LogP contribution in [0.4, 0.5) is 24.5 Å². The molecule has 1 heterocycles. The van der Waals surface area contributed by atoms with E-state index in [0.29, 0.717) is 22.9 Å². The van der Waals surface area contributed by atoms with Crippen molar-refractivity contribution in [2.75, 3.05) is 5.32 Å². The SMILES string of the molecule is Cc1c[nH]c(CNc2ccc(C(F)(F)F)cc2[N+](=O)[O-])c(C)c1=O. The van der Waals surface area contributed by atoms with Crippen molar-refractivity contribution >= 4 is 11.4 Å². The second-order valence-corrected chi connectivity index (χ2v) is 5.24. The molecule has 2 aromatic rings. The van der Waals surface area contributed by atoms with Crippen LogP contribution in [0.3, 0.4) is 0 Å². The average molecular weight is 341 g/mol. The molecule has 0 aliphatic rings. The number of hydrogen-bond donors (Lipinski definition) is 2. The molecule has 0 aliphatic heterocycles. The van der Waals surface area contributed by atoms with Gasteiger partial charge in [0, 0.05) is 29.1 Å². The van der Waals surface area contributed by atoms with E-state index in [9.17, 15) is 28.1 Å². The summed E-state index contributed by atoms with van der Waals surface area (Å²) < 4.78 is 38.0. The molecule has 1 aromatic heterocycles. The molecule has 0 amide bonds. The first kappa shape index (κ1) is 17.5. The van der Waals surface area contributed by atoms with Gasteiger partial charge in [-0.1, -0.05) is 0 Å². The van der Waals surface area contributed by atoms with Crippen LogP contribution in [0.25, 0.3) is 0 Å². The standard InChI is InChI=1S/C15H14F3N3O3/c1-8-6-19-12(9(2)14(8)22)7-20-11-4-3-10(15(16,17)18)5-13(11)21(23)24/h3-6,20H,7H2,1-2H3,(H,19,22). The van der Waals surface area contributed by atoms with Gasteiger partial charge in [-0.3, -0.25) is 14.9 Å². The lowest BCUT2D eigenvalue weighted by Crippen LogP contribution is -2.16. The number of rotatable bonds is 4. The van der Waals surface area contributed by atoms with Crippen molar-refractivity contribution in [1.82, 2.24) is 4.98 Å². The summed E-state index contributed by atoms with van der Waals surface area (Å²) in [5.74, 6) is 0. The summed E-state index contributed by atoms with van der Waals surface area (Å²) in [5, 5.41) is 13.7. The van der Waals surface area contributed by atoms with Crippen molar-refractivity contribution < 1.29 is 18.1 Å². The third-order valence-electron chi connectivity index (χ3n) is 3.59. The smallest absolute Gasteiger partial charge is 0.374 e. The molecule has 0 atom stereocenters. The zero-order valence-corrected chi connectivity index (χ0v) is 12.8. The van der Waals surface area contributed by atoms with Crippen molar-refractivity contribution in [3.63, 3.8) is 0 Å². The molecular formula is C15H14F3N3O3. The van der Waals surface area contributed by atoms with E-state index in [4.69, 9.17) is 0 Å². The number of nitro groups is 1. The van der Waals surface area contributed by atoms with Gasteiger partial charge in [-0.25, -0.2) is 0 Å². The third kappa shape index (κ3) is 3.55. The lowest BCUT2D eigenvalue weighted by atomic mass is 10.1. The van der Waals surface area contributed by atoms with E-state index in [-0.39, 0.29) is 17.7 Å². The second-order valence-electron chi connectivity index (χ2n) is 5.24. The van der Waals surface area contributed by atoms with E-state index in [1.165, 1.54) is 6.20 Å². The van der Waals surface area contributed by atoms with Gasteiger partial charge in [-0.05, 0) is 26.0 Å². The Morgan fingerprint density at radius 3 is 2.54 bits per heavy atom. The van der Waals surface area contributed by atoms with E-state index in [0.717, 1.165) is 12.1 Å². The fourth-order valence-electron chi connectivity index (χ4n) is 2.18. The zero-order valence-electron chi connectivity index (χ0n) is 12.8. The number of aryl methyl sites for hydroxylation is 1. The normalized spacial score (nSPS) is 11.4. The highest BCUT2D eigenvalue weighted by atomic mass is 19.4. The Balaban J connectivity index is 2.32. The highest BCUT2D eigenvalue weighted by Crippen LogP contribution is 2.35. The summed E-state index contributed by atoms with van der Waals surface area (Å²) >= 11 is 0. The minimum absolute atomic E-state index is 0.0353. The molecule has 0 spiro atoms. The van der Waals surface area contributed by atoms with Gasteiger partial charge in [-0.2, -0.15) is 13.2 Å². The average Bonchev–Trinajstić information content (AvgIpc) is 2.51. The number of alkyl halides is 3. The third-order valence-corrected chi connectivity index (χ3v) is 3.59. The molecular weight excluding hydrogens is 327 g/mol. The molecule has 24 heavy (non-hydrogen) atoms. The number of halogens is 3. The summed E-state index contributed by atoms with van der Waals surface area (Å²) in [7, 11) is 0. The van der Waals surface area contributed by atoms with Gasteiger partial charge in [0.1, 0.15) is 5.69 Å². The molecule has 6 nitrogen and oxygen atoms in total. The number of pyridine rings is 1. The van der Waals surface area contributed by atoms with Crippen LogP contribution in [0.2, 0.25) is 0 Å². The Bertz CT molecular complexity index is 844. The molecule has 2 rings (SSSR count). The summed E-state index contributed by atoms with van der Waals surface area (Å²) in [6.45, 7) is 3.28.